The Hall–Kier alpha value is -6.48. The Labute approximate surface area is 345 Å². The van der Waals surface area contributed by atoms with Gasteiger partial charge < -0.3 is 18.6 Å². The molecule has 4 heterocycles. The zero-order chi connectivity index (χ0) is 41.4. The lowest BCUT2D eigenvalue weighted by atomic mass is 10.0. The van der Waals surface area contributed by atoms with E-state index >= 15 is 0 Å². The second-order valence-corrected chi connectivity index (χ2v) is 17.3. The summed E-state index contributed by atoms with van der Waals surface area (Å²) in [6, 6.07) is 26.2. The van der Waals surface area contributed by atoms with E-state index in [1.807, 2.05) is 0 Å². The summed E-state index contributed by atoms with van der Waals surface area (Å²) in [4.78, 5) is 0. The number of rotatable bonds is 4. The first-order valence-electron chi connectivity index (χ1n) is 20.5. The molecule has 0 fully saturated rings. The highest BCUT2D eigenvalue weighted by Crippen LogP contribution is 2.48. The molecule has 0 amide bonds. The van der Waals surface area contributed by atoms with Crippen molar-refractivity contribution in [3.8, 4) is 45.7 Å². The van der Waals surface area contributed by atoms with Crippen molar-refractivity contribution in [1.29, 1.82) is 0 Å². The van der Waals surface area contributed by atoms with Gasteiger partial charge in [-0.2, -0.15) is 18.3 Å². The molecule has 2 aliphatic heterocycles. The maximum atomic E-state index is 6.69. The van der Waals surface area contributed by atoms with Crippen LogP contribution in [0.4, 0.5) is 0 Å². The third-order valence-electron chi connectivity index (χ3n) is 12.2. The van der Waals surface area contributed by atoms with E-state index in [2.05, 4.69) is 187 Å². The molecule has 0 saturated heterocycles. The van der Waals surface area contributed by atoms with Crippen molar-refractivity contribution in [2.45, 2.75) is 83.1 Å². The number of hydrogen-bond acceptors (Lipinski definition) is 4. The molecule has 0 atom stereocenters. The molecule has 10 rings (SSSR count). The highest BCUT2D eigenvalue weighted by atomic mass is 16.9. The molecule has 0 unspecified atom stereocenters. The van der Waals surface area contributed by atoms with Crippen molar-refractivity contribution in [1.82, 2.24) is 9.13 Å². The van der Waals surface area contributed by atoms with Crippen LogP contribution in [0.1, 0.15) is 66.8 Å². The van der Waals surface area contributed by atoms with Crippen LogP contribution in [0.2, 0.25) is 0 Å². The maximum Gasteiger partial charge on any atom is 0.777 e. The average Bonchev–Trinajstić information content (AvgIpc) is 3.86. The molecule has 0 aliphatic carbocycles. The summed E-state index contributed by atoms with van der Waals surface area (Å²) < 4.78 is 35.9. The van der Waals surface area contributed by atoms with Crippen LogP contribution < -0.4 is 27.8 Å². The van der Waals surface area contributed by atoms with Crippen LogP contribution in [0.3, 0.4) is 0 Å². The molecule has 59 heavy (non-hydrogen) atoms. The van der Waals surface area contributed by atoms with Crippen molar-refractivity contribution in [3.63, 3.8) is 0 Å². The molecular formula is C50H50BN4O4+. The molecule has 1 spiro atoms. The lowest BCUT2D eigenvalue weighted by Crippen LogP contribution is -2.54. The molecule has 0 bridgehead atoms. The second-order valence-electron chi connectivity index (χ2n) is 17.3. The predicted octanol–water partition coefficient (Wildman–Crippen LogP) is 10.5. The first kappa shape index (κ1) is 36.8. The largest absolute Gasteiger partial charge is 0.777 e. The van der Waals surface area contributed by atoms with Crippen molar-refractivity contribution in [2.24, 2.45) is 0 Å². The van der Waals surface area contributed by atoms with Crippen LogP contribution in [0, 0.1) is 83.1 Å². The molecule has 296 valence electrons. The SMILES string of the molecule is Cc1cc(C)c(-n2c[n+](-c3c(C)cc(C)cc3C)c3cc4c(cc32)O[B-]2(Oc3cc5c(cc3O2)[n+](-c2c(C)cc(C)cc2C)cn5-c2c(C)cc(C)cc2C)O4)c(C)c1. The van der Waals surface area contributed by atoms with E-state index in [4.69, 9.17) is 18.6 Å². The number of imidazole rings is 2. The topological polar surface area (TPSA) is 54.5 Å². The molecular weight excluding hydrogens is 731 g/mol. The summed E-state index contributed by atoms with van der Waals surface area (Å²) in [6.45, 7) is 23.3. The maximum absolute atomic E-state index is 6.69. The first-order chi connectivity index (χ1) is 28.1. The van der Waals surface area contributed by atoms with Crippen LogP contribution in [-0.2, 0) is 0 Å². The molecule has 8 aromatic rings. The monoisotopic (exact) mass is 781 g/mol. The minimum atomic E-state index is -2.70. The lowest BCUT2D eigenvalue weighted by molar-refractivity contribution is -0.569. The van der Waals surface area contributed by atoms with E-state index < -0.39 is 6.96 Å². The minimum absolute atomic E-state index is 0.567. The summed E-state index contributed by atoms with van der Waals surface area (Å²) in [7, 11) is 0. The number of aromatic nitrogens is 4. The fraction of sp³-hybridized carbons (Fsp3) is 0.240. The van der Waals surface area contributed by atoms with Crippen LogP contribution in [0.25, 0.3) is 44.8 Å². The van der Waals surface area contributed by atoms with Crippen molar-refractivity contribution in [2.75, 3.05) is 0 Å². The lowest BCUT2D eigenvalue weighted by Gasteiger charge is -2.27. The van der Waals surface area contributed by atoms with Gasteiger partial charge in [0.05, 0.1) is 0 Å². The summed E-state index contributed by atoms with van der Waals surface area (Å²) in [5.41, 5.74) is 23.0. The fourth-order valence-electron chi connectivity index (χ4n) is 10.4. The van der Waals surface area contributed by atoms with E-state index in [0.29, 0.717) is 23.0 Å². The summed E-state index contributed by atoms with van der Waals surface area (Å²) in [5, 5.41) is 0. The van der Waals surface area contributed by atoms with Crippen LogP contribution in [-0.4, -0.2) is 16.1 Å². The molecule has 2 aliphatic rings. The minimum Gasteiger partial charge on any atom is -0.609 e. The zero-order valence-electron chi connectivity index (χ0n) is 36.1. The standard InChI is InChI=1S/C50H50BN4O4/c1-27-13-31(5)47(32(6)14-27)52-25-53(48-33(7)15-28(2)16-34(48)8)40-22-44-43(21-39(40)52)56-51(57-44)58-45-23-41-42(24-46(45)59-51)55(50-37(11)19-30(4)20-38(50)12)26-54(41)49-35(9)17-29(3)18-36(49)10/h13-26H,1-12H3/q+1. The number of hydrogen-bond donors (Lipinski definition) is 0. The van der Waals surface area contributed by atoms with Crippen molar-refractivity contribution >= 4 is 29.0 Å². The molecule has 0 radical (unpaired) electrons. The van der Waals surface area contributed by atoms with E-state index in [9.17, 15) is 0 Å². The summed E-state index contributed by atoms with van der Waals surface area (Å²) >= 11 is 0. The Morgan fingerprint density at radius 1 is 0.356 bits per heavy atom. The number of nitrogens with zero attached hydrogens (tertiary/aromatic N) is 4. The fourth-order valence-corrected chi connectivity index (χ4v) is 10.4. The van der Waals surface area contributed by atoms with Gasteiger partial charge in [-0.3, -0.25) is 0 Å². The quantitative estimate of drug-likeness (QED) is 0.132. The number of aryl methyl sites for hydroxylation is 12. The van der Waals surface area contributed by atoms with Crippen LogP contribution in [0.5, 0.6) is 23.0 Å². The van der Waals surface area contributed by atoms with Crippen molar-refractivity contribution in [3.05, 3.63) is 152 Å². The Morgan fingerprint density at radius 3 is 0.932 bits per heavy atom. The number of fused-ring (bicyclic) bond motifs is 4. The Morgan fingerprint density at radius 2 is 0.627 bits per heavy atom. The van der Waals surface area contributed by atoms with Gasteiger partial charge in [0.1, 0.15) is 45.7 Å². The van der Waals surface area contributed by atoms with Gasteiger partial charge in [-0.15, -0.1) is 0 Å². The Bertz CT molecular complexity index is 2640. The van der Waals surface area contributed by atoms with Crippen molar-refractivity contribution < 1.29 is 27.8 Å². The molecule has 2 aromatic heterocycles. The number of benzene rings is 6. The van der Waals surface area contributed by atoms with Gasteiger partial charge in [0.2, 0.25) is 0 Å². The highest BCUT2D eigenvalue weighted by Gasteiger charge is 2.53. The van der Waals surface area contributed by atoms with E-state index in [1.54, 1.807) is 0 Å². The predicted molar refractivity (Wildman–Crippen MR) is 235 cm³/mol. The zero-order valence-corrected chi connectivity index (χ0v) is 36.1. The Kier molecular flexibility index (Phi) is 7.97. The smallest absolute Gasteiger partial charge is 0.609 e. The van der Waals surface area contributed by atoms with Gasteiger partial charge in [0.15, 0.2) is 22.1 Å². The van der Waals surface area contributed by atoms with Gasteiger partial charge in [-0.05, 0) is 128 Å². The van der Waals surface area contributed by atoms with Gasteiger partial charge in [0, 0.05) is 24.3 Å². The molecule has 0 saturated carbocycles. The normalized spacial score (nSPS) is 13.8. The van der Waals surface area contributed by atoms with E-state index in [-0.39, 0.29) is 0 Å². The molecule has 8 nitrogen and oxygen atoms in total. The third-order valence-corrected chi connectivity index (χ3v) is 12.2. The average molecular weight is 782 g/mol. The first-order valence-corrected chi connectivity index (χ1v) is 20.5. The molecule has 0 N–H and O–H groups in total. The van der Waals surface area contributed by atoms with Gasteiger partial charge in [-0.1, -0.05) is 70.8 Å². The molecule has 6 aromatic carbocycles. The molecule has 9 heteroatoms. The highest BCUT2D eigenvalue weighted by molar-refractivity contribution is 6.59. The Balaban J connectivity index is 1.12. The van der Waals surface area contributed by atoms with E-state index in [0.717, 1.165) is 44.8 Å². The summed E-state index contributed by atoms with van der Waals surface area (Å²) in [6.07, 6.45) is 4.39. The van der Waals surface area contributed by atoms with Crippen LogP contribution >= 0.6 is 0 Å². The summed E-state index contributed by atoms with van der Waals surface area (Å²) in [5.74, 6) is 2.27. The third kappa shape index (κ3) is 5.65. The van der Waals surface area contributed by atoms with Crippen LogP contribution in [0.15, 0.2) is 85.5 Å². The van der Waals surface area contributed by atoms with E-state index in [1.165, 1.54) is 66.8 Å². The second kappa shape index (κ2) is 12.8. The van der Waals surface area contributed by atoms with Gasteiger partial charge in [0.25, 0.3) is 12.7 Å². The van der Waals surface area contributed by atoms with Gasteiger partial charge in [-0.25, -0.2) is 0 Å². The van der Waals surface area contributed by atoms with Gasteiger partial charge >= 0.3 is 6.96 Å².